The average molecular weight is 391 g/mol. The van der Waals surface area contributed by atoms with Gasteiger partial charge in [0.25, 0.3) is 0 Å². The van der Waals surface area contributed by atoms with Crippen molar-refractivity contribution in [1.82, 2.24) is 5.32 Å². The summed E-state index contributed by atoms with van der Waals surface area (Å²) in [5.74, 6) is 0. The molecule has 0 amide bonds. The monoisotopic (exact) mass is 389 g/mol. The first-order valence-corrected chi connectivity index (χ1v) is 8.39. The molecule has 2 unspecified atom stereocenters. The Morgan fingerprint density at radius 3 is 2.68 bits per heavy atom. The highest BCUT2D eigenvalue weighted by atomic mass is 79.9. The first-order chi connectivity index (χ1) is 8.98. The topological polar surface area (TPSA) is 21.3 Å². The molecule has 1 heterocycles. The molecule has 1 saturated heterocycles. The van der Waals surface area contributed by atoms with Gasteiger partial charge in [0.2, 0.25) is 0 Å². The molecule has 1 N–H and O–H groups in total. The van der Waals surface area contributed by atoms with Crippen molar-refractivity contribution in [2.45, 2.75) is 45.3 Å². The highest BCUT2D eigenvalue weighted by molar-refractivity contribution is 9.11. The molecule has 2 nitrogen and oxygen atoms in total. The van der Waals surface area contributed by atoms with Gasteiger partial charge in [-0.05, 0) is 56.5 Å². The number of hydrogen-bond acceptors (Lipinski definition) is 2. The average Bonchev–Trinajstić information content (AvgIpc) is 2.79. The summed E-state index contributed by atoms with van der Waals surface area (Å²) < 4.78 is 8.33. The van der Waals surface area contributed by atoms with Gasteiger partial charge in [0.1, 0.15) is 0 Å². The van der Waals surface area contributed by atoms with Crippen LogP contribution in [0.1, 0.15) is 43.9 Å². The summed E-state index contributed by atoms with van der Waals surface area (Å²) >= 11 is 7.34. The van der Waals surface area contributed by atoms with E-state index in [2.05, 4.69) is 70.1 Å². The number of nitrogens with one attached hydrogen (secondary N) is 1. The highest BCUT2D eigenvalue weighted by Crippen LogP contribution is 2.41. The van der Waals surface area contributed by atoms with Crippen molar-refractivity contribution in [3.05, 3.63) is 32.2 Å². The van der Waals surface area contributed by atoms with Crippen molar-refractivity contribution in [3.63, 3.8) is 0 Å². The summed E-state index contributed by atoms with van der Waals surface area (Å²) in [6, 6.07) is 4.59. The predicted octanol–water partition coefficient (Wildman–Crippen LogP) is 4.74. The second-order valence-electron chi connectivity index (χ2n) is 5.38. The summed E-state index contributed by atoms with van der Waals surface area (Å²) in [6.07, 6.45) is 2.24. The molecule has 19 heavy (non-hydrogen) atoms. The Morgan fingerprint density at radius 2 is 2.11 bits per heavy atom. The first kappa shape index (κ1) is 15.5. The molecular weight excluding hydrogens is 370 g/mol. The quantitative estimate of drug-likeness (QED) is 0.801. The van der Waals surface area contributed by atoms with Crippen LogP contribution in [0.4, 0.5) is 0 Å². The molecule has 2 atom stereocenters. The van der Waals surface area contributed by atoms with Crippen LogP contribution in [0.3, 0.4) is 0 Å². The molecule has 2 rings (SSSR count). The molecule has 106 valence electrons. The van der Waals surface area contributed by atoms with E-state index in [4.69, 9.17) is 4.74 Å². The number of ether oxygens (including phenoxy) is 1. The van der Waals surface area contributed by atoms with E-state index >= 15 is 0 Å². The SMILES string of the molecule is CCNC(c1cc(Br)c(C)cc1Br)C1(C)CCCO1. The Morgan fingerprint density at radius 1 is 1.37 bits per heavy atom. The van der Waals surface area contributed by atoms with Crippen LogP contribution in [0.5, 0.6) is 0 Å². The minimum Gasteiger partial charge on any atom is -0.373 e. The summed E-state index contributed by atoms with van der Waals surface area (Å²) in [6.45, 7) is 8.26. The Kier molecular flexibility index (Phi) is 5.09. The minimum absolute atomic E-state index is 0.118. The van der Waals surface area contributed by atoms with Gasteiger partial charge in [0, 0.05) is 15.6 Å². The van der Waals surface area contributed by atoms with Gasteiger partial charge < -0.3 is 10.1 Å². The van der Waals surface area contributed by atoms with Crippen molar-refractivity contribution < 1.29 is 4.74 Å². The fraction of sp³-hybridized carbons (Fsp3) is 0.600. The standard InChI is InChI=1S/C15H21Br2NO/c1-4-18-14(15(3)6-5-7-19-15)11-9-12(16)10(2)8-13(11)17/h8-9,14,18H,4-7H2,1-3H3. The Hall–Kier alpha value is 0.1000. The van der Waals surface area contributed by atoms with Crippen LogP contribution in [0.15, 0.2) is 21.1 Å². The normalized spacial score (nSPS) is 24.7. The molecule has 1 aliphatic rings. The van der Waals surface area contributed by atoms with E-state index in [-0.39, 0.29) is 11.6 Å². The van der Waals surface area contributed by atoms with Crippen molar-refractivity contribution in [2.24, 2.45) is 0 Å². The summed E-state index contributed by atoms with van der Waals surface area (Å²) in [7, 11) is 0. The lowest BCUT2D eigenvalue weighted by molar-refractivity contribution is -0.0123. The third kappa shape index (κ3) is 3.23. The predicted molar refractivity (Wildman–Crippen MR) is 86.6 cm³/mol. The van der Waals surface area contributed by atoms with Gasteiger partial charge in [-0.1, -0.05) is 38.8 Å². The maximum absolute atomic E-state index is 6.04. The molecule has 0 radical (unpaired) electrons. The maximum atomic E-state index is 6.04. The van der Waals surface area contributed by atoms with Crippen LogP contribution in [-0.2, 0) is 4.74 Å². The molecule has 4 heteroatoms. The molecule has 0 aromatic heterocycles. The smallest absolute Gasteiger partial charge is 0.0849 e. The van der Waals surface area contributed by atoms with E-state index in [9.17, 15) is 0 Å². The number of benzene rings is 1. The third-order valence-corrected chi connectivity index (χ3v) is 5.40. The lowest BCUT2D eigenvalue weighted by Crippen LogP contribution is -2.41. The number of halogens is 2. The molecule has 1 fully saturated rings. The molecule has 0 bridgehead atoms. The summed E-state index contributed by atoms with van der Waals surface area (Å²) in [4.78, 5) is 0. The van der Waals surface area contributed by atoms with E-state index in [1.54, 1.807) is 0 Å². The Labute approximate surface area is 132 Å². The van der Waals surface area contributed by atoms with Crippen molar-refractivity contribution in [1.29, 1.82) is 0 Å². The third-order valence-electron chi connectivity index (χ3n) is 3.86. The van der Waals surface area contributed by atoms with Gasteiger partial charge in [-0.15, -0.1) is 0 Å². The van der Waals surface area contributed by atoms with Crippen LogP contribution in [-0.4, -0.2) is 18.8 Å². The van der Waals surface area contributed by atoms with Gasteiger partial charge in [-0.3, -0.25) is 0 Å². The van der Waals surface area contributed by atoms with Gasteiger partial charge in [-0.25, -0.2) is 0 Å². The highest BCUT2D eigenvalue weighted by Gasteiger charge is 2.39. The van der Waals surface area contributed by atoms with E-state index in [0.717, 1.165) is 34.9 Å². The zero-order valence-electron chi connectivity index (χ0n) is 11.7. The number of rotatable bonds is 4. The largest absolute Gasteiger partial charge is 0.373 e. The molecule has 0 spiro atoms. The summed E-state index contributed by atoms with van der Waals surface area (Å²) in [5.41, 5.74) is 2.39. The fourth-order valence-corrected chi connectivity index (χ4v) is 3.82. The zero-order chi connectivity index (χ0) is 14.0. The molecule has 1 aliphatic heterocycles. The van der Waals surface area contributed by atoms with E-state index < -0.39 is 0 Å². The first-order valence-electron chi connectivity index (χ1n) is 6.81. The van der Waals surface area contributed by atoms with Crippen LogP contribution < -0.4 is 5.32 Å². The van der Waals surface area contributed by atoms with E-state index in [1.807, 2.05) is 0 Å². The lowest BCUT2D eigenvalue weighted by Gasteiger charge is -2.35. The van der Waals surface area contributed by atoms with Crippen LogP contribution >= 0.6 is 31.9 Å². The van der Waals surface area contributed by atoms with Crippen LogP contribution in [0.25, 0.3) is 0 Å². The van der Waals surface area contributed by atoms with Gasteiger partial charge in [0.15, 0.2) is 0 Å². The molecule has 1 aromatic carbocycles. The van der Waals surface area contributed by atoms with Crippen LogP contribution in [0.2, 0.25) is 0 Å². The maximum Gasteiger partial charge on any atom is 0.0849 e. The van der Waals surface area contributed by atoms with Crippen molar-refractivity contribution in [2.75, 3.05) is 13.2 Å². The fourth-order valence-electron chi connectivity index (χ4n) is 2.77. The zero-order valence-corrected chi connectivity index (χ0v) is 14.9. The van der Waals surface area contributed by atoms with Gasteiger partial charge >= 0.3 is 0 Å². The van der Waals surface area contributed by atoms with Gasteiger partial charge in [-0.2, -0.15) is 0 Å². The van der Waals surface area contributed by atoms with Crippen molar-refractivity contribution >= 4 is 31.9 Å². The molecule has 0 aliphatic carbocycles. The Balaban J connectivity index is 2.41. The second kappa shape index (κ2) is 6.25. The number of hydrogen-bond donors (Lipinski definition) is 1. The minimum atomic E-state index is -0.118. The van der Waals surface area contributed by atoms with Crippen molar-refractivity contribution in [3.8, 4) is 0 Å². The second-order valence-corrected chi connectivity index (χ2v) is 7.09. The number of likely N-dealkylation sites (N-methyl/N-ethyl adjacent to an activating group) is 1. The van der Waals surface area contributed by atoms with E-state index in [0.29, 0.717) is 0 Å². The Bertz CT molecular complexity index is 456. The summed E-state index contributed by atoms with van der Waals surface area (Å²) in [5, 5.41) is 3.59. The van der Waals surface area contributed by atoms with E-state index in [1.165, 1.54) is 11.1 Å². The molecule has 0 saturated carbocycles. The molecular formula is C15H21Br2NO. The van der Waals surface area contributed by atoms with Gasteiger partial charge in [0.05, 0.1) is 11.6 Å². The lowest BCUT2D eigenvalue weighted by atomic mass is 9.87. The number of aryl methyl sites for hydroxylation is 1. The van der Waals surface area contributed by atoms with Crippen LogP contribution in [0, 0.1) is 6.92 Å². The molecule has 1 aromatic rings.